The van der Waals surface area contributed by atoms with Crippen LogP contribution in [-0.4, -0.2) is 186 Å². The number of hydrogen-bond acceptors (Lipinski definition) is 19. The van der Waals surface area contributed by atoms with Crippen LogP contribution in [0.1, 0.15) is 80.9 Å². The molecule has 16 aromatic rings. The molecule has 0 aliphatic rings. The first-order valence-corrected chi connectivity index (χ1v) is 38.9. The molecular weight excluding hydrogens is 1520 g/mol. The number of pyridine rings is 4. The predicted molar refractivity (Wildman–Crippen MR) is 478 cm³/mol. The molecular formula is C94H94N22O5. The summed E-state index contributed by atoms with van der Waals surface area (Å²) in [5, 5.41) is 52.3. The number of methoxy groups -OCH3 is 1. The number of aryl methyl sites for hydroxylation is 1. The number of benzene rings is 8. The van der Waals surface area contributed by atoms with Crippen molar-refractivity contribution in [2.75, 3.05) is 98.9 Å². The van der Waals surface area contributed by atoms with E-state index < -0.39 is 0 Å². The Bertz CT molecular complexity index is 6400. The number of aromatic amines is 4. The highest BCUT2D eigenvalue weighted by molar-refractivity contribution is 6.14. The van der Waals surface area contributed by atoms with Crippen LogP contribution in [0.2, 0.25) is 0 Å². The minimum Gasteiger partial charge on any atom is -0.497 e. The van der Waals surface area contributed by atoms with E-state index in [1.54, 1.807) is 55.6 Å². The molecule has 0 unspecified atom stereocenters. The van der Waals surface area contributed by atoms with Gasteiger partial charge >= 0.3 is 0 Å². The molecule has 16 rings (SSSR count). The highest BCUT2D eigenvalue weighted by Crippen LogP contribution is 2.33. The maximum Gasteiger partial charge on any atom is 0.276 e. The van der Waals surface area contributed by atoms with Crippen molar-refractivity contribution in [3.8, 4) is 56.3 Å². The average molecular weight is 1610 g/mol. The second kappa shape index (κ2) is 39.0. The zero-order valence-electron chi connectivity index (χ0n) is 69.4. The van der Waals surface area contributed by atoms with Crippen LogP contribution >= 0.6 is 0 Å². The number of aromatic nitrogens is 12. The van der Waals surface area contributed by atoms with Crippen LogP contribution in [0.25, 0.3) is 88.1 Å². The summed E-state index contributed by atoms with van der Waals surface area (Å²) in [6, 6.07) is 63.6. The summed E-state index contributed by atoms with van der Waals surface area (Å²) in [4.78, 5) is 79.4. The molecule has 121 heavy (non-hydrogen) atoms. The summed E-state index contributed by atoms with van der Waals surface area (Å²) in [6.07, 6.45) is 14.8. The van der Waals surface area contributed by atoms with Crippen molar-refractivity contribution < 1.29 is 23.9 Å². The predicted octanol–water partition coefficient (Wildman–Crippen LogP) is 16.0. The van der Waals surface area contributed by atoms with Crippen molar-refractivity contribution >= 4 is 90.0 Å². The molecule has 0 spiro atoms. The first-order valence-electron chi connectivity index (χ1n) is 38.9. The zero-order chi connectivity index (χ0) is 85.2. The van der Waals surface area contributed by atoms with Gasteiger partial charge in [-0.3, -0.25) is 59.5 Å². The van der Waals surface area contributed by atoms with E-state index in [2.05, 4.69) is 137 Å². The van der Waals surface area contributed by atoms with Crippen LogP contribution in [-0.2, 0) is 32.7 Å². The van der Waals surface area contributed by atoms with E-state index >= 15 is 0 Å². The number of amides is 4. The van der Waals surface area contributed by atoms with Gasteiger partial charge in [0.25, 0.3) is 23.6 Å². The van der Waals surface area contributed by atoms with Crippen molar-refractivity contribution in [3.63, 3.8) is 0 Å². The lowest BCUT2D eigenvalue weighted by atomic mass is 10.0. The topological polar surface area (TPSA) is 332 Å². The van der Waals surface area contributed by atoms with Gasteiger partial charge in [-0.05, 0) is 279 Å². The average Bonchev–Trinajstić information content (AvgIpc) is 1.69. The van der Waals surface area contributed by atoms with Crippen LogP contribution in [0.3, 0.4) is 0 Å². The Balaban J connectivity index is 0.000000139. The number of hydrogen-bond donors (Lipinski definition) is 8. The second-order valence-corrected chi connectivity index (χ2v) is 30.7. The van der Waals surface area contributed by atoms with Crippen LogP contribution in [0.4, 0.5) is 22.7 Å². The van der Waals surface area contributed by atoms with Crippen molar-refractivity contribution in [3.05, 3.63) is 305 Å². The molecule has 8 aromatic carbocycles. The van der Waals surface area contributed by atoms with Crippen molar-refractivity contribution in [1.82, 2.24) is 85.2 Å². The van der Waals surface area contributed by atoms with E-state index in [4.69, 9.17) is 10.00 Å². The fraction of sp³-hybridized carbons (Fsp3) is 0.181. The third-order valence-electron chi connectivity index (χ3n) is 19.2. The van der Waals surface area contributed by atoms with Crippen molar-refractivity contribution in [2.24, 2.45) is 0 Å². The number of anilines is 4. The molecule has 8 N–H and O–H groups in total. The van der Waals surface area contributed by atoms with Crippen LogP contribution in [0, 0.1) is 18.3 Å². The number of nitrogens with one attached hydrogen (secondary N) is 8. The molecule has 8 heterocycles. The van der Waals surface area contributed by atoms with E-state index in [-0.39, 0.29) is 23.6 Å². The van der Waals surface area contributed by atoms with Crippen molar-refractivity contribution in [1.29, 1.82) is 5.26 Å². The SMILES string of the molecule is CN(C)Cc1cccc(NC(=O)c2n[nH]c3ccc(-c4cncc(CN(C)C)c4)cc23)c1.CN(C)Cc1cncc(-c2ccc3[nH]nc(C(=O)Nc4ccc(C#N)cc4)c3c2)c1.COc1ccc(NC(=O)c2n[nH]c3ccc(-c4cncc(CN(C)C)c4)cc23)cc1.Cc1cccc(NC(=O)c2n[nH]c3ccc(-c4cncc(CN(C)C)c4)cc23)c1. The van der Waals surface area contributed by atoms with Gasteiger partial charge in [-0.25, -0.2) is 0 Å². The highest BCUT2D eigenvalue weighted by atomic mass is 16.5. The molecule has 0 aliphatic heterocycles. The molecule has 0 bridgehead atoms. The van der Waals surface area contributed by atoms with Gasteiger partial charge in [0.2, 0.25) is 0 Å². The zero-order valence-corrected chi connectivity index (χ0v) is 69.4. The molecule has 0 saturated carbocycles. The molecule has 27 heteroatoms. The number of nitriles is 1. The molecule has 610 valence electrons. The Morgan fingerprint density at radius 3 is 0.934 bits per heavy atom. The summed E-state index contributed by atoms with van der Waals surface area (Å²) in [5.41, 5.74) is 22.6. The van der Waals surface area contributed by atoms with E-state index in [1.807, 2.05) is 248 Å². The van der Waals surface area contributed by atoms with Crippen molar-refractivity contribution in [2.45, 2.75) is 39.6 Å². The fourth-order valence-corrected chi connectivity index (χ4v) is 13.8. The molecule has 0 radical (unpaired) electrons. The normalized spacial score (nSPS) is 11.1. The van der Waals surface area contributed by atoms with Gasteiger partial charge in [-0.2, -0.15) is 25.7 Å². The minimum atomic E-state index is -0.317. The number of ether oxygens (including phenoxy) is 1. The second-order valence-electron chi connectivity index (χ2n) is 30.7. The molecule has 0 saturated heterocycles. The molecule has 4 amide bonds. The largest absolute Gasteiger partial charge is 0.497 e. The number of carbonyl (C=O) groups excluding carboxylic acids is 4. The number of rotatable bonds is 23. The van der Waals surface area contributed by atoms with Gasteiger partial charge < -0.3 is 50.5 Å². The first kappa shape index (κ1) is 84.1. The Morgan fingerprint density at radius 1 is 0.331 bits per heavy atom. The van der Waals surface area contributed by atoms with Gasteiger partial charge in [-0.15, -0.1) is 0 Å². The first-order chi connectivity index (χ1) is 58.4. The van der Waals surface area contributed by atoms with E-state index in [0.29, 0.717) is 39.7 Å². The maximum atomic E-state index is 13.0. The van der Waals surface area contributed by atoms with Crippen LogP contribution < -0.4 is 26.0 Å². The number of H-pyrrole nitrogens is 4. The third-order valence-corrected chi connectivity index (χ3v) is 19.2. The Kier molecular flexibility index (Phi) is 27.1. The van der Waals surface area contributed by atoms with E-state index in [0.717, 1.165) is 171 Å². The Hall–Kier alpha value is -14.8. The summed E-state index contributed by atoms with van der Waals surface area (Å²) in [7, 11) is 21.9. The highest BCUT2D eigenvalue weighted by Gasteiger charge is 2.22. The molecule has 27 nitrogen and oxygen atoms in total. The van der Waals surface area contributed by atoms with Gasteiger partial charge in [-0.1, -0.05) is 48.5 Å². The molecule has 0 atom stereocenters. The van der Waals surface area contributed by atoms with Gasteiger partial charge in [0.15, 0.2) is 22.8 Å². The third kappa shape index (κ3) is 22.1. The van der Waals surface area contributed by atoms with Gasteiger partial charge in [0, 0.05) is 149 Å². The lowest BCUT2D eigenvalue weighted by molar-refractivity contribution is 0.101. The minimum absolute atomic E-state index is 0.238. The summed E-state index contributed by atoms with van der Waals surface area (Å²) in [6.45, 7) is 6.04. The number of carbonyl (C=O) groups is 4. The fourth-order valence-electron chi connectivity index (χ4n) is 13.8. The smallest absolute Gasteiger partial charge is 0.276 e. The maximum absolute atomic E-state index is 13.0. The van der Waals surface area contributed by atoms with E-state index in [1.165, 1.54) is 0 Å². The van der Waals surface area contributed by atoms with Crippen LogP contribution in [0.5, 0.6) is 5.75 Å². The van der Waals surface area contributed by atoms with Gasteiger partial charge in [0.1, 0.15) is 5.75 Å². The number of nitrogens with zero attached hydrogens (tertiary/aromatic N) is 14. The Morgan fingerprint density at radius 2 is 0.628 bits per heavy atom. The molecule has 0 fully saturated rings. The number of fused-ring (bicyclic) bond motifs is 4. The lowest BCUT2D eigenvalue weighted by Gasteiger charge is -2.11. The summed E-state index contributed by atoms with van der Waals surface area (Å²) >= 11 is 0. The molecule has 8 aromatic heterocycles. The summed E-state index contributed by atoms with van der Waals surface area (Å²) in [5.74, 6) is -0.341. The standard InChI is InChI=1S/C25H28N6O.C23H20N6O.C23H23N5O2.C23H23N5O/c1-30(2)15-17-6-5-7-21(11-17)27-25(32)24-22-12-19(8-9-23(22)28-29-24)20-10-18(13-26-14-20)16-31(3)4;1-29(2)14-16-9-18(13-25-12-16)17-5-8-21-20(10-17)22(28-27-21)23(30)26-19-6-3-15(11-24)4-7-19;1-28(2)14-15-10-17(13-24-12-15)16-4-9-21-20(11-16)22(27-26-21)23(29)25-18-5-7-19(30-3)8-6-18;1-15-5-4-6-19(9-15)25-23(29)22-20-11-17(7-8-21(20)26-27-22)18-10-16(12-24-13-18)14-28(2)3/h5-14H,15-16H2,1-4H3,(H,27,32)(H,28,29);3-10,12-13H,14H2,1-2H3,(H,26,30)(H,27,28);4-13H,14H2,1-3H3,(H,25,29)(H,26,27);4-13H,14H2,1-3H3,(H,25,29)(H,26,27). The quantitative estimate of drug-likeness (QED) is 0.0295. The van der Waals surface area contributed by atoms with Crippen LogP contribution in [0.15, 0.2) is 244 Å². The Labute approximate surface area is 700 Å². The lowest BCUT2D eigenvalue weighted by Crippen LogP contribution is -2.14. The monoisotopic (exact) mass is 1610 g/mol. The van der Waals surface area contributed by atoms with Gasteiger partial charge in [0.05, 0.1) is 40.8 Å². The van der Waals surface area contributed by atoms with E-state index in [9.17, 15) is 19.2 Å². The molecule has 0 aliphatic carbocycles. The summed E-state index contributed by atoms with van der Waals surface area (Å²) < 4.78 is 5.15.